The second-order valence-electron chi connectivity index (χ2n) is 5.10. The summed E-state index contributed by atoms with van der Waals surface area (Å²) in [4.78, 5) is 13.6. The molecule has 1 atom stereocenters. The fourth-order valence-electron chi connectivity index (χ4n) is 2.66. The molecule has 1 heterocycles. The van der Waals surface area contributed by atoms with Crippen LogP contribution in [-0.2, 0) is 4.79 Å². The summed E-state index contributed by atoms with van der Waals surface area (Å²) in [7, 11) is 0. The Labute approximate surface area is 104 Å². The number of aliphatic hydroxyl groups is 1. The fraction of sp³-hybridized carbons (Fsp3) is 0.923. The molecular formula is C13H25NO3. The van der Waals surface area contributed by atoms with E-state index in [0.29, 0.717) is 6.54 Å². The first-order chi connectivity index (χ1) is 8.14. The van der Waals surface area contributed by atoms with E-state index in [1.807, 2.05) is 6.92 Å². The van der Waals surface area contributed by atoms with Gasteiger partial charge in [0.1, 0.15) is 0 Å². The summed E-state index contributed by atoms with van der Waals surface area (Å²) in [5, 5.41) is 18.1. The van der Waals surface area contributed by atoms with Gasteiger partial charge in [-0.3, -0.25) is 4.79 Å². The van der Waals surface area contributed by atoms with Crippen LogP contribution in [0, 0.1) is 5.41 Å². The van der Waals surface area contributed by atoms with E-state index in [-0.39, 0.29) is 6.61 Å². The van der Waals surface area contributed by atoms with Gasteiger partial charge in [-0.15, -0.1) is 0 Å². The van der Waals surface area contributed by atoms with Gasteiger partial charge in [0.2, 0.25) is 0 Å². The molecule has 4 heteroatoms. The molecule has 1 aliphatic rings. The fourth-order valence-corrected chi connectivity index (χ4v) is 2.66. The number of likely N-dealkylation sites (tertiary alicyclic amines) is 1. The topological polar surface area (TPSA) is 60.8 Å². The molecule has 1 aliphatic heterocycles. The van der Waals surface area contributed by atoms with Gasteiger partial charge in [0.15, 0.2) is 0 Å². The zero-order valence-corrected chi connectivity index (χ0v) is 10.8. The molecule has 0 aliphatic carbocycles. The first-order valence-electron chi connectivity index (χ1n) is 6.71. The molecule has 1 rings (SSSR count). The molecule has 1 fully saturated rings. The highest BCUT2D eigenvalue weighted by Gasteiger charge is 2.40. The minimum atomic E-state index is -0.639. The normalized spacial score (nSPS) is 26.0. The monoisotopic (exact) mass is 243 g/mol. The van der Waals surface area contributed by atoms with Gasteiger partial charge < -0.3 is 15.1 Å². The number of aliphatic hydroxyl groups excluding tert-OH is 1. The van der Waals surface area contributed by atoms with Crippen molar-refractivity contribution in [2.24, 2.45) is 5.41 Å². The van der Waals surface area contributed by atoms with Crippen LogP contribution in [0.5, 0.6) is 0 Å². The van der Waals surface area contributed by atoms with Crippen molar-refractivity contribution in [1.82, 2.24) is 4.90 Å². The third kappa shape index (κ3) is 3.96. The van der Waals surface area contributed by atoms with E-state index in [1.54, 1.807) is 0 Å². The summed E-state index contributed by atoms with van der Waals surface area (Å²) in [6.45, 7) is 4.92. The summed E-state index contributed by atoms with van der Waals surface area (Å²) in [5.41, 5.74) is -0.519. The Hall–Kier alpha value is -0.610. The lowest BCUT2D eigenvalue weighted by atomic mass is 9.77. The number of hydrogen-bond acceptors (Lipinski definition) is 3. The first-order valence-corrected chi connectivity index (χ1v) is 6.71. The van der Waals surface area contributed by atoms with Gasteiger partial charge in [-0.2, -0.15) is 0 Å². The molecule has 0 aromatic heterocycles. The van der Waals surface area contributed by atoms with Gasteiger partial charge >= 0.3 is 5.97 Å². The third-order valence-corrected chi connectivity index (χ3v) is 3.92. The smallest absolute Gasteiger partial charge is 0.310 e. The maximum Gasteiger partial charge on any atom is 0.310 e. The van der Waals surface area contributed by atoms with Crippen molar-refractivity contribution < 1.29 is 15.0 Å². The molecular weight excluding hydrogens is 218 g/mol. The molecule has 0 bridgehead atoms. The number of piperidine rings is 1. The van der Waals surface area contributed by atoms with E-state index in [4.69, 9.17) is 5.11 Å². The number of carboxylic acids is 1. The SMILES string of the molecule is CCC1(C(=O)O)CCCN(CCCCCO)C1. The van der Waals surface area contributed by atoms with Crippen LogP contribution in [0.15, 0.2) is 0 Å². The van der Waals surface area contributed by atoms with E-state index in [2.05, 4.69) is 4.90 Å². The summed E-state index contributed by atoms with van der Waals surface area (Å²) < 4.78 is 0. The molecule has 0 aromatic carbocycles. The second kappa shape index (κ2) is 6.97. The molecule has 17 heavy (non-hydrogen) atoms. The quantitative estimate of drug-likeness (QED) is 0.668. The van der Waals surface area contributed by atoms with E-state index >= 15 is 0 Å². The Balaban J connectivity index is 2.40. The van der Waals surface area contributed by atoms with Crippen molar-refractivity contribution in [3.8, 4) is 0 Å². The number of aliphatic carboxylic acids is 1. The van der Waals surface area contributed by atoms with Gasteiger partial charge in [0, 0.05) is 13.2 Å². The summed E-state index contributed by atoms with van der Waals surface area (Å²) in [5.74, 6) is -0.639. The largest absolute Gasteiger partial charge is 0.481 e. The predicted molar refractivity (Wildman–Crippen MR) is 67.0 cm³/mol. The van der Waals surface area contributed by atoms with Crippen LogP contribution in [0.1, 0.15) is 45.4 Å². The van der Waals surface area contributed by atoms with Crippen LogP contribution in [-0.4, -0.2) is 47.3 Å². The molecule has 1 saturated heterocycles. The zero-order valence-electron chi connectivity index (χ0n) is 10.8. The molecule has 0 radical (unpaired) electrons. The Morgan fingerprint density at radius 2 is 2.12 bits per heavy atom. The molecule has 1 unspecified atom stereocenters. The van der Waals surface area contributed by atoms with Crippen molar-refractivity contribution in [3.63, 3.8) is 0 Å². The Bertz CT molecular complexity index is 245. The highest BCUT2D eigenvalue weighted by Crippen LogP contribution is 2.33. The van der Waals surface area contributed by atoms with Crippen LogP contribution in [0.25, 0.3) is 0 Å². The van der Waals surface area contributed by atoms with Crippen LogP contribution < -0.4 is 0 Å². The number of rotatable bonds is 7. The molecule has 0 aromatic rings. The lowest BCUT2D eigenvalue weighted by Gasteiger charge is -2.39. The number of nitrogens with zero attached hydrogens (tertiary/aromatic N) is 1. The second-order valence-corrected chi connectivity index (χ2v) is 5.10. The van der Waals surface area contributed by atoms with E-state index in [0.717, 1.165) is 51.6 Å². The maximum atomic E-state index is 11.4. The minimum absolute atomic E-state index is 0.258. The lowest BCUT2D eigenvalue weighted by molar-refractivity contribution is -0.152. The lowest BCUT2D eigenvalue weighted by Crippen LogP contribution is -2.47. The van der Waals surface area contributed by atoms with Gasteiger partial charge in [-0.1, -0.05) is 6.92 Å². The van der Waals surface area contributed by atoms with Gasteiger partial charge in [0.25, 0.3) is 0 Å². The Kier molecular flexibility index (Phi) is 5.92. The number of unbranched alkanes of at least 4 members (excludes halogenated alkanes) is 2. The highest BCUT2D eigenvalue weighted by molar-refractivity contribution is 5.75. The number of carbonyl (C=O) groups is 1. The molecule has 0 amide bonds. The van der Waals surface area contributed by atoms with Crippen LogP contribution in [0.3, 0.4) is 0 Å². The van der Waals surface area contributed by atoms with E-state index in [1.165, 1.54) is 0 Å². The van der Waals surface area contributed by atoms with Crippen molar-refractivity contribution in [2.75, 3.05) is 26.2 Å². The van der Waals surface area contributed by atoms with E-state index < -0.39 is 11.4 Å². The molecule has 2 N–H and O–H groups in total. The standard InChI is InChI=1S/C13H25NO3/c1-2-13(12(16)17)7-6-9-14(11-13)8-4-3-5-10-15/h15H,2-11H2,1H3,(H,16,17). The van der Waals surface area contributed by atoms with Crippen molar-refractivity contribution in [1.29, 1.82) is 0 Å². The Morgan fingerprint density at radius 1 is 1.35 bits per heavy atom. The average Bonchev–Trinajstić information content (AvgIpc) is 2.34. The summed E-state index contributed by atoms with van der Waals surface area (Å²) in [6.07, 6.45) is 5.45. The molecule has 0 spiro atoms. The average molecular weight is 243 g/mol. The van der Waals surface area contributed by atoms with Crippen molar-refractivity contribution in [3.05, 3.63) is 0 Å². The third-order valence-electron chi connectivity index (χ3n) is 3.92. The van der Waals surface area contributed by atoms with Gasteiger partial charge in [-0.25, -0.2) is 0 Å². The molecule has 100 valence electrons. The Morgan fingerprint density at radius 3 is 2.71 bits per heavy atom. The first kappa shape index (κ1) is 14.5. The number of hydrogen-bond donors (Lipinski definition) is 2. The summed E-state index contributed by atoms with van der Waals surface area (Å²) in [6, 6.07) is 0. The van der Waals surface area contributed by atoms with Crippen LogP contribution >= 0.6 is 0 Å². The van der Waals surface area contributed by atoms with Crippen molar-refractivity contribution >= 4 is 5.97 Å². The number of carboxylic acid groups (broad SMARTS) is 1. The predicted octanol–water partition coefficient (Wildman–Crippen LogP) is 1.73. The highest BCUT2D eigenvalue weighted by atomic mass is 16.4. The van der Waals surface area contributed by atoms with Crippen LogP contribution in [0.4, 0.5) is 0 Å². The van der Waals surface area contributed by atoms with E-state index in [9.17, 15) is 9.90 Å². The van der Waals surface area contributed by atoms with Gasteiger partial charge in [0.05, 0.1) is 5.41 Å². The zero-order chi connectivity index (χ0) is 12.7. The van der Waals surface area contributed by atoms with Crippen LogP contribution in [0.2, 0.25) is 0 Å². The minimum Gasteiger partial charge on any atom is -0.481 e. The molecule has 0 saturated carbocycles. The van der Waals surface area contributed by atoms with Gasteiger partial charge in [-0.05, 0) is 51.6 Å². The van der Waals surface area contributed by atoms with Crippen molar-refractivity contribution in [2.45, 2.75) is 45.4 Å². The maximum absolute atomic E-state index is 11.4. The molecule has 4 nitrogen and oxygen atoms in total. The summed E-state index contributed by atoms with van der Waals surface area (Å²) >= 11 is 0.